The largest absolute Gasteiger partial charge is 0.416 e. The summed E-state index contributed by atoms with van der Waals surface area (Å²) in [6, 6.07) is 6.15. The summed E-state index contributed by atoms with van der Waals surface area (Å²) in [7, 11) is 0. The van der Waals surface area contributed by atoms with Gasteiger partial charge in [0.05, 0.1) is 11.1 Å². The van der Waals surface area contributed by atoms with Gasteiger partial charge in [0, 0.05) is 30.8 Å². The SMILES string of the molecule is CC(CN(CC1CC1)C(=O)c1cc(C(F)(F)F)cc(C(F)(F)F)c1)c1ncnn1-c1ccccn1. The van der Waals surface area contributed by atoms with Crippen molar-refractivity contribution in [2.45, 2.75) is 38.0 Å². The number of hydrogen-bond donors (Lipinski definition) is 0. The lowest BCUT2D eigenvalue weighted by Gasteiger charge is -2.26. The van der Waals surface area contributed by atoms with E-state index >= 15 is 0 Å². The second-order valence-corrected chi connectivity index (χ2v) is 8.57. The van der Waals surface area contributed by atoms with Gasteiger partial charge in [-0.3, -0.25) is 4.79 Å². The van der Waals surface area contributed by atoms with Crippen LogP contribution in [-0.4, -0.2) is 43.6 Å². The van der Waals surface area contributed by atoms with Gasteiger partial charge in [0.2, 0.25) is 0 Å². The van der Waals surface area contributed by atoms with E-state index in [1.807, 2.05) is 0 Å². The highest BCUT2D eigenvalue weighted by Crippen LogP contribution is 2.37. The molecule has 0 saturated heterocycles. The molecule has 0 aliphatic heterocycles. The Labute approximate surface area is 196 Å². The molecule has 1 saturated carbocycles. The predicted octanol–water partition coefficient (Wildman–Crippen LogP) is 5.36. The van der Waals surface area contributed by atoms with Crippen molar-refractivity contribution in [2.75, 3.05) is 13.1 Å². The minimum absolute atomic E-state index is 0.0139. The van der Waals surface area contributed by atoms with E-state index in [9.17, 15) is 31.1 Å². The maximum atomic E-state index is 13.3. The van der Waals surface area contributed by atoms with Crippen molar-refractivity contribution >= 4 is 5.91 Å². The van der Waals surface area contributed by atoms with Crippen molar-refractivity contribution in [3.63, 3.8) is 0 Å². The average molecular weight is 497 g/mol. The number of carbonyl (C=O) groups excluding carboxylic acids is 1. The summed E-state index contributed by atoms with van der Waals surface area (Å²) < 4.78 is 81.3. The Hall–Kier alpha value is -3.44. The number of aromatic nitrogens is 4. The lowest BCUT2D eigenvalue weighted by molar-refractivity contribution is -0.143. The smallest absolute Gasteiger partial charge is 0.338 e. The van der Waals surface area contributed by atoms with Crippen LogP contribution >= 0.6 is 0 Å². The molecule has 2 heterocycles. The molecule has 4 rings (SSSR count). The van der Waals surface area contributed by atoms with E-state index in [1.54, 1.807) is 31.3 Å². The van der Waals surface area contributed by atoms with Gasteiger partial charge < -0.3 is 4.90 Å². The molecule has 0 N–H and O–H groups in total. The van der Waals surface area contributed by atoms with Crippen molar-refractivity contribution in [3.05, 3.63) is 71.4 Å². The van der Waals surface area contributed by atoms with Crippen LogP contribution in [0.15, 0.2) is 48.9 Å². The van der Waals surface area contributed by atoms with Crippen LogP contribution in [0, 0.1) is 5.92 Å². The summed E-state index contributed by atoms with van der Waals surface area (Å²) in [4.78, 5) is 23.0. The first-order valence-corrected chi connectivity index (χ1v) is 10.8. The number of amides is 1. The van der Waals surface area contributed by atoms with E-state index in [-0.39, 0.29) is 25.1 Å². The van der Waals surface area contributed by atoms with Crippen LogP contribution < -0.4 is 0 Å². The van der Waals surface area contributed by atoms with Gasteiger partial charge in [-0.05, 0) is 49.1 Å². The molecule has 0 radical (unpaired) electrons. The Bertz CT molecular complexity index is 1150. The number of carbonyl (C=O) groups is 1. The van der Waals surface area contributed by atoms with Gasteiger partial charge in [-0.25, -0.2) is 9.97 Å². The molecule has 0 spiro atoms. The van der Waals surface area contributed by atoms with E-state index < -0.39 is 40.9 Å². The highest BCUT2D eigenvalue weighted by molar-refractivity contribution is 5.94. The zero-order valence-corrected chi connectivity index (χ0v) is 18.5. The summed E-state index contributed by atoms with van der Waals surface area (Å²) in [5.74, 6) is -0.246. The average Bonchev–Trinajstić information content (AvgIpc) is 3.48. The molecule has 1 unspecified atom stereocenters. The van der Waals surface area contributed by atoms with E-state index in [4.69, 9.17) is 0 Å². The number of halogens is 6. The van der Waals surface area contributed by atoms with Crippen LogP contribution in [0.3, 0.4) is 0 Å². The number of alkyl halides is 6. The van der Waals surface area contributed by atoms with Crippen molar-refractivity contribution < 1.29 is 31.1 Å². The Balaban J connectivity index is 1.65. The van der Waals surface area contributed by atoms with Crippen molar-refractivity contribution in [1.82, 2.24) is 24.6 Å². The van der Waals surface area contributed by atoms with Crippen molar-refractivity contribution in [3.8, 4) is 5.82 Å². The van der Waals surface area contributed by atoms with Gasteiger partial charge in [-0.2, -0.15) is 36.1 Å². The predicted molar refractivity (Wildman–Crippen MR) is 113 cm³/mol. The van der Waals surface area contributed by atoms with Gasteiger partial charge in [0.1, 0.15) is 12.2 Å². The van der Waals surface area contributed by atoms with Crippen molar-refractivity contribution in [2.24, 2.45) is 5.92 Å². The Morgan fingerprint density at radius 2 is 1.71 bits per heavy atom. The molecule has 1 amide bonds. The first-order valence-electron chi connectivity index (χ1n) is 10.8. The van der Waals surface area contributed by atoms with Crippen LogP contribution in [0.5, 0.6) is 0 Å². The maximum absolute atomic E-state index is 13.3. The molecule has 1 aromatic carbocycles. The van der Waals surface area contributed by atoms with Crippen LogP contribution in [0.4, 0.5) is 26.3 Å². The molecule has 1 atom stereocenters. The summed E-state index contributed by atoms with van der Waals surface area (Å²) in [5.41, 5.74) is -3.71. The van der Waals surface area contributed by atoms with Gasteiger partial charge in [0.15, 0.2) is 5.82 Å². The number of nitrogens with zero attached hydrogens (tertiary/aromatic N) is 5. The first kappa shape index (κ1) is 24.7. The molecular formula is C23H21F6N5O. The van der Waals surface area contributed by atoms with Crippen LogP contribution in [0.25, 0.3) is 5.82 Å². The Morgan fingerprint density at radius 3 is 2.26 bits per heavy atom. The Kier molecular flexibility index (Phi) is 6.56. The first-order chi connectivity index (χ1) is 16.4. The maximum Gasteiger partial charge on any atom is 0.416 e. The molecule has 186 valence electrons. The van der Waals surface area contributed by atoms with Gasteiger partial charge >= 0.3 is 12.4 Å². The quantitative estimate of drug-likeness (QED) is 0.413. The van der Waals surface area contributed by atoms with Crippen molar-refractivity contribution in [1.29, 1.82) is 0 Å². The lowest BCUT2D eigenvalue weighted by Crippen LogP contribution is -2.36. The van der Waals surface area contributed by atoms with Crippen LogP contribution in [-0.2, 0) is 12.4 Å². The monoisotopic (exact) mass is 497 g/mol. The van der Waals surface area contributed by atoms with Crippen LogP contribution in [0.2, 0.25) is 0 Å². The summed E-state index contributed by atoms with van der Waals surface area (Å²) in [5, 5.41) is 4.16. The summed E-state index contributed by atoms with van der Waals surface area (Å²) in [6.07, 6.45) is -5.53. The summed E-state index contributed by atoms with van der Waals surface area (Å²) in [6.45, 7) is 2.00. The molecule has 35 heavy (non-hydrogen) atoms. The molecular weight excluding hydrogens is 476 g/mol. The molecule has 6 nitrogen and oxygen atoms in total. The third-order valence-electron chi connectivity index (χ3n) is 5.67. The van der Waals surface area contributed by atoms with E-state index in [0.29, 0.717) is 23.8 Å². The minimum atomic E-state index is -5.04. The fraction of sp³-hybridized carbons (Fsp3) is 0.391. The fourth-order valence-electron chi connectivity index (χ4n) is 3.77. The van der Waals surface area contributed by atoms with Gasteiger partial charge in [0.25, 0.3) is 5.91 Å². The summed E-state index contributed by atoms with van der Waals surface area (Å²) >= 11 is 0. The molecule has 12 heteroatoms. The number of hydrogen-bond acceptors (Lipinski definition) is 4. The third kappa shape index (κ3) is 5.80. The number of benzene rings is 1. The molecule has 0 bridgehead atoms. The topological polar surface area (TPSA) is 63.9 Å². The van der Waals surface area contributed by atoms with E-state index in [0.717, 1.165) is 12.8 Å². The van der Waals surface area contributed by atoms with Crippen LogP contribution in [0.1, 0.15) is 53.0 Å². The molecule has 1 aliphatic rings. The standard InChI is InChI=1S/C23H21F6N5O/c1-14(20-31-13-32-34(20)19-4-2-3-7-30-19)11-33(12-15-5-6-15)21(35)16-8-17(22(24,25)26)10-18(9-16)23(27,28)29/h2-4,7-10,13-15H,5-6,11-12H2,1H3. The molecule has 1 fully saturated rings. The zero-order chi connectivity index (χ0) is 25.4. The fourth-order valence-corrected chi connectivity index (χ4v) is 3.77. The second-order valence-electron chi connectivity index (χ2n) is 8.57. The number of pyridine rings is 1. The minimum Gasteiger partial charge on any atom is -0.338 e. The second kappa shape index (κ2) is 9.31. The van der Waals surface area contributed by atoms with E-state index in [1.165, 1.54) is 15.9 Å². The highest BCUT2D eigenvalue weighted by Gasteiger charge is 2.38. The van der Waals surface area contributed by atoms with Gasteiger partial charge in [-0.15, -0.1) is 0 Å². The highest BCUT2D eigenvalue weighted by atomic mass is 19.4. The lowest BCUT2D eigenvalue weighted by atomic mass is 10.0. The van der Waals surface area contributed by atoms with Gasteiger partial charge in [-0.1, -0.05) is 13.0 Å². The normalized spacial score (nSPS) is 15.2. The molecule has 3 aromatic rings. The van der Waals surface area contributed by atoms with E-state index in [2.05, 4.69) is 15.1 Å². The molecule has 1 aliphatic carbocycles. The Morgan fingerprint density at radius 1 is 1.06 bits per heavy atom. The number of rotatable bonds is 7. The third-order valence-corrected chi connectivity index (χ3v) is 5.67. The zero-order valence-electron chi connectivity index (χ0n) is 18.5. The molecule has 2 aromatic heterocycles.